The topological polar surface area (TPSA) is 93.9 Å². The number of ether oxygens (including phenoxy) is 2. The molecule has 0 aromatic heterocycles. The summed E-state index contributed by atoms with van der Waals surface area (Å²) in [6.07, 6.45) is 1.06. The molecule has 3 rings (SSSR count). The van der Waals surface area contributed by atoms with Crippen molar-refractivity contribution < 1.29 is 19.1 Å². The van der Waals surface area contributed by atoms with E-state index >= 15 is 0 Å². The lowest BCUT2D eigenvalue weighted by molar-refractivity contribution is -0.118. The minimum absolute atomic E-state index is 0.0132. The third-order valence-electron chi connectivity index (χ3n) is 3.51. The minimum atomic E-state index is -0.375. The quantitative estimate of drug-likeness (QED) is 0.865. The molecule has 0 unspecified atom stereocenters. The van der Waals surface area contributed by atoms with Gasteiger partial charge in [0.15, 0.2) is 6.61 Å². The summed E-state index contributed by atoms with van der Waals surface area (Å²) < 4.78 is 10.6. The fourth-order valence-corrected chi connectivity index (χ4v) is 2.47. The highest BCUT2D eigenvalue weighted by molar-refractivity contribution is 5.97. The number of cyclic esters (lactones) is 1. The van der Waals surface area contributed by atoms with Crippen LogP contribution in [0.3, 0.4) is 0 Å². The summed E-state index contributed by atoms with van der Waals surface area (Å²) in [5.74, 6) is 0.398. The lowest BCUT2D eigenvalue weighted by Gasteiger charge is -2.20. The Hall–Kier alpha value is -2.28. The van der Waals surface area contributed by atoms with Crippen LogP contribution in [0.25, 0.3) is 0 Å². The summed E-state index contributed by atoms with van der Waals surface area (Å²) in [4.78, 5) is 24.8. The maximum absolute atomic E-state index is 11.9. The minimum Gasteiger partial charge on any atom is -0.482 e. The first-order valence-electron chi connectivity index (χ1n) is 6.92. The Balaban J connectivity index is 1.76. The van der Waals surface area contributed by atoms with E-state index in [2.05, 4.69) is 5.32 Å². The lowest BCUT2D eigenvalue weighted by atomic mass is 10.2. The van der Waals surface area contributed by atoms with Crippen LogP contribution in [0.5, 0.6) is 5.75 Å². The van der Waals surface area contributed by atoms with E-state index in [1.807, 2.05) is 0 Å². The molecule has 1 atom stereocenters. The van der Waals surface area contributed by atoms with E-state index in [0.29, 0.717) is 30.2 Å². The number of anilines is 2. The molecule has 3 N–H and O–H groups in total. The van der Waals surface area contributed by atoms with Gasteiger partial charge in [0.1, 0.15) is 11.9 Å². The first-order chi connectivity index (χ1) is 10.2. The number of hydrogen-bond donors (Lipinski definition) is 2. The molecular formula is C14H17N3O4. The smallest absolute Gasteiger partial charge is 0.414 e. The van der Waals surface area contributed by atoms with E-state index in [1.54, 1.807) is 23.1 Å². The van der Waals surface area contributed by atoms with Gasteiger partial charge >= 0.3 is 6.09 Å². The van der Waals surface area contributed by atoms with E-state index in [0.717, 1.165) is 12.8 Å². The molecule has 2 heterocycles. The zero-order chi connectivity index (χ0) is 14.8. The molecule has 0 spiro atoms. The zero-order valence-electron chi connectivity index (χ0n) is 11.5. The van der Waals surface area contributed by atoms with E-state index in [9.17, 15) is 9.59 Å². The molecule has 1 aromatic carbocycles. The highest BCUT2D eigenvalue weighted by Crippen LogP contribution is 2.33. The van der Waals surface area contributed by atoms with Crippen molar-refractivity contribution in [2.45, 2.75) is 18.9 Å². The van der Waals surface area contributed by atoms with Crippen molar-refractivity contribution >= 4 is 23.4 Å². The molecule has 7 heteroatoms. The zero-order valence-corrected chi connectivity index (χ0v) is 11.5. The summed E-state index contributed by atoms with van der Waals surface area (Å²) in [5.41, 5.74) is 6.72. The van der Waals surface area contributed by atoms with E-state index in [1.165, 1.54) is 0 Å². The third-order valence-corrected chi connectivity index (χ3v) is 3.51. The van der Waals surface area contributed by atoms with Crippen LogP contribution < -0.4 is 20.7 Å². The van der Waals surface area contributed by atoms with Gasteiger partial charge in [0.25, 0.3) is 5.91 Å². The van der Waals surface area contributed by atoms with Crippen molar-refractivity contribution in [1.29, 1.82) is 0 Å². The van der Waals surface area contributed by atoms with E-state index in [-0.39, 0.29) is 24.7 Å². The second-order valence-corrected chi connectivity index (χ2v) is 5.06. The Morgan fingerprint density at radius 3 is 3.05 bits per heavy atom. The van der Waals surface area contributed by atoms with Gasteiger partial charge in [0.05, 0.1) is 12.2 Å². The SMILES string of the molecule is NCCC[C@@H]1CN(c2ccc3c(c2)NC(=O)CO3)C(=O)O1. The van der Waals surface area contributed by atoms with Gasteiger partial charge in [-0.25, -0.2) is 4.79 Å². The van der Waals surface area contributed by atoms with Crippen LogP contribution >= 0.6 is 0 Å². The fourth-order valence-electron chi connectivity index (χ4n) is 2.47. The first kappa shape index (κ1) is 13.7. The molecule has 0 bridgehead atoms. The summed E-state index contributed by atoms with van der Waals surface area (Å²) in [5, 5.41) is 2.72. The number of amides is 2. The molecule has 1 saturated heterocycles. The van der Waals surface area contributed by atoms with Crippen molar-refractivity contribution in [3.63, 3.8) is 0 Å². The predicted octanol–water partition coefficient (Wildman–Crippen LogP) is 1.08. The van der Waals surface area contributed by atoms with Gasteiger partial charge < -0.3 is 20.5 Å². The van der Waals surface area contributed by atoms with Crippen molar-refractivity contribution in [3.05, 3.63) is 18.2 Å². The molecule has 1 fully saturated rings. The average molecular weight is 291 g/mol. The normalized spacial score (nSPS) is 20.6. The molecule has 1 aromatic rings. The number of benzene rings is 1. The van der Waals surface area contributed by atoms with Crippen molar-refractivity contribution in [2.75, 3.05) is 29.9 Å². The van der Waals surface area contributed by atoms with Gasteiger partial charge in [-0.05, 0) is 37.6 Å². The average Bonchev–Trinajstić information content (AvgIpc) is 2.85. The molecule has 21 heavy (non-hydrogen) atoms. The fraction of sp³-hybridized carbons (Fsp3) is 0.429. The Kier molecular flexibility index (Phi) is 3.66. The van der Waals surface area contributed by atoms with Gasteiger partial charge in [-0.3, -0.25) is 9.69 Å². The number of fused-ring (bicyclic) bond motifs is 1. The highest BCUT2D eigenvalue weighted by Gasteiger charge is 2.32. The number of rotatable bonds is 4. The first-order valence-corrected chi connectivity index (χ1v) is 6.92. The number of carbonyl (C=O) groups is 2. The molecular weight excluding hydrogens is 274 g/mol. The lowest BCUT2D eigenvalue weighted by Crippen LogP contribution is -2.27. The van der Waals surface area contributed by atoms with Crippen LogP contribution in [0, 0.1) is 0 Å². The molecule has 2 aliphatic rings. The standard InChI is InChI=1S/C14H17N3O4/c15-5-1-2-10-7-17(14(19)21-10)9-3-4-12-11(6-9)16-13(18)8-20-12/h3-4,6,10H,1-2,5,7-8,15H2,(H,16,18)/t10-/m1/s1. The van der Waals surface area contributed by atoms with Crippen molar-refractivity contribution in [2.24, 2.45) is 5.73 Å². The summed E-state index contributed by atoms with van der Waals surface area (Å²) in [6.45, 7) is 1.09. The summed E-state index contributed by atoms with van der Waals surface area (Å²) >= 11 is 0. The molecule has 2 aliphatic heterocycles. The maximum Gasteiger partial charge on any atom is 0.414 e. The van der Waals surface area contributed by atoms with Gasteiger partial charge in [-0.1, -0.05) is 0 Å². The van der Waals surface area contributed by atoms with Gasteiger partial charge in [-0.2, -0.15) is 0 Å². The Morgan fingerprint density at radius 1 is 1.38 bits per heavy atom. The second-order valence-electron chi connectivity index (χ2n) is 5.06. The van der Waals surface area contributed by atoms with Crippen LogP contribution in [0.1, 0.15) is 12.8 Å². The molecule has 112 valence electrons. The molecule has 7 nitrogen and oxygen atoms in total. The summed E-state index contributed by atoms with van der Waals surface area (Å²) in [6, 6.07) is 5.24. The van der Waals surface area contributed by atoms with Gasteiger partial charge in [-0.15, -0.1) is 0 Å². The van der Waals surface area contributed by atoms with E-state index in [4.69, 9.17) is 15.2 Å². The number of carbonyl (C=O) groups excluding carboxylic acids is 2. The molecule has 0 radical (unpaired) electrons. The Morgan fingerprint density at radius 2 is 2.24 bits per heavy atom. The number of nitrogens with one attached hydrogen (secondary N) is 1. The number of nitrogens with zero attached hydrogens (tertiary/aromatic N) is 1. The van der Waals surface area contributed by atoms with Crippen molar-refractivity contribution in [1.82, 2.24) is 0 Å². The molecule has 2 amide bonds. The highest BCUT2D eigenvalue weighted by atomic mass is 16.6. The van der Waals surface area contributed by atoms with E-state index < -0.39 is 0 Å². The van der Waals surface area contributed by atoms with Crippen LogP contribution in [0.2, 0.25) is 0 Å². The van der Waals surface area contributed by atoms with Crippen LogP contribution in [0.15, 0.2) is 18.2 Å². The number of hydrogen-bond acceptors (Lipinski definition) is 5. The van der Waals surface area contributed by atoms with Gasteiger partial charge in [0.2, 0.25) is 0 Å². The predicted molar refractivity (Wildman–Crippen MR) is 76.5 cm³/mol. The Bertz CT molecular complexity index is 575. The largest absolute Gasteiger partial charge is 0.482 e. The molecule has 0 aliphatic carbocycles. The Labute approximate surface area is 122 Å². The van der Waals surface area contributed by atoms with Crippen LogP contribution in [-0.2, 0) is 9.53 Å². The summed E-state index contributed by atoms with van der Waals surface area (Å²) in [7, 11) is 0. The maximum atomic E-state index is 11.9. The van der Waals surface area contributed by atoms with Gasteiger partial charge in [0, 0.05) is 5.69 Å². The number of nitrogens with two attached hydrogens (primary N) is 1. The second kappa shape index (κ2) is 5.61. The van der Waals surface area contributed by atoms with Crippen LogP contribution in [0.4, 0.5) is 16.2 Å². The monoisotopic (exact) mass is 291 g/mol. The third kappa shape index (κ3) is 2.78. The van der Waals surface area contributed by atoms with Crippen LogP contribution in [-0.4, -0.2) is 37.8 Å². The van der Waals surface area contributed by atoms with Crippen molar-refractivity contribution in [3.8, 4) is 5.75 Å². The molecule has 0 saturated carbocycles.